The van der Waals surface area contributed by atoms with Crippen molar-refractivity contribution in [2.24, 2.45) is 5.92 Å². The van der Waals surface area contributed by atoms with E-state index in [2.05, 4.69) is 0 Å². The molecule has 2 nitrogen and oxygen atoms in total. The average molecular weight is 179 g/mol. The van der Waals surface area contributed by atoms with Gasteiger partial charge in [-0.05, 0) is 7.05 Å². The molecule has 0 aromatic rings. The van der Waals surface area contributed by atoms with Crippen LogP contribution in [0.3, 0.4) is 0 Å². The van der Waals surface area contributed by atoms with E-state index in [1.807, 2.05) is 0 Å². The summed E-state index contributed by atoms with van der Waals surface area (Å²) < 4.78 is 25.0. The Morgan fingerprint density at radius 1 is 1.50 bits per heavy atom. The van der Waals surface area contributed by atoms with Gasteiger partial charge in [0.15, 0.2) is 0 Å². The summed E-state index contributed by atoms with van der Waals surface area (Å²) in [5.74, 6) is -0.353. The molecule has 0 aromatic heterocycles. The summed E-state index contributed by atoms with van der Waals surface area (Å²) in [5, 5.41) is 0. The zero-order chi connectivity index (χ0) is 9.94. The summed E-state index contributed by atoms with van der Waals surface area (Å²) in [6, 6.07) is -2.91. The molecule has 0 fully saturated rings. The maximum absolute atomic E-state index is 12.5. The molecule has 12 heavy (non-hydrogen) atoms. The summed E-state index contributed by atoms with van der Waals surface area (Å²) in [4.78, 5) is 11.8. The van der Waals surface area contributed by atoms with Crippen molar-refractivity contribution < 1.29 is 13.6 Å². The first-order chi connectivity index (χ1) is 5.25. The molecule has 72 valence electrons. The Kier molecular flexibility index (Phi) is 3.77. The van der Waals surface area contributed by atoms with Crippen LogP contribution in [0.15, 0.2) is 0 Å². The standard InChI is InChI=1S/C8H15F2NO/c1-6(2)7(12)5-11(4)8(3,9)10/h6H,5H2,1-4H3. The predicted octanol–water partition coefficient (Wildman–Crippen LogP) is 1.76. The lowest BCUT2D eigenvalue weighted by Gasteiger charge is -2.23. The minimum absolute atomic E-state index is 0.168. The van der Waals surface area contributed by atoms with Crippen LogP contribution < -0.4 is 0 Å². The number of hydrogen-bond donors (Lipinski definition) is 0. The first kappa shape index (κ1) is 11.5. The average Bonchev–Trinajstić information content (AvgIpc) is 1.85. The zero-order valence-corrected chi connectivity index (χ0v) is 7.90. The quantitative estimate of drug-likeness (QED) is 0.613. The fourth-order valence-electron chi connectivity index (χ4n) is 0.555. The number of likely N-dealkylation sites (N-methyl/N-ethyl adjacent to an activating group) is 1. The number of ketones is 1. The van der Waals surface area contributed by atoms with E-state index in [-0.39, 0.29) is 18.2 Å². The fourth-order valence-corrected chi connectivity index (χ4v) is 0.555. The second kappa shape index (κ2) is 3.94. The molecule has 0 aliphatic heterocycles. The molecule has 0 bridgehead atoms. The highest BCUT2D eigenvalue weighted by molar-refractivity contribution is 5.82. The Balaban J connectivity index is 4.02. The van der Waals surface area contributed by atoms with Gasteiger partial charge in [-0.25, -0.2) is 4.90 Å². The third-order valence-electron chi connectivity index (χ3n) is 1.71. The van der Waals surface area contributed by atoms with Gasteiger partial charge in [-0.3, -0.25) is 4.79 Å². The van der Waals surface area contributed by atoms with Crippen molar-refractivity contribution in [1.82, 2.24) is 4.90 Å². The molecule has 0 amide bonds. The molecular formula is C8H15F2NO. The lowest BCUT2D eigenvalue weighted by molar-refractivity contribution is -0.141. The van der Waals surface area contributed by atoms with E-state index in [9.17, 15) is 13.6 Å². The first-order valence-electron chi connectivity index (χ1n) is 3.87. The van der Waals surface area contributed by atoms with Crippen LogP contribution in [-0.4, -0.2) is 30.3 Å². The smallest absolute Gasteiger partial charge is 0.298 e. The molecule has 0 unspecified atom stereocenters. The van der Waals surface area contributed by atoms with Gasteiger partial charge in [-0.2, -0.15) is 8.78 Å². The minimum Gasteiger partial charge on any atom is -0.298 e. The van der Waals surface area contributed by atoms with Gasteiger partial charge in [0.05, 0.1) is 6.54 Å². The SMILES string of the molecule is CC(C)C(=O)CN(C)C(C)(F)F. The van der Waals surface area contributed by atoms with Crippen molar-refractivity contribution >= 4 is 5.78 Å². The number of nitrogens with zero attached hydrogens (tertiary/aromatic N) is 1. The fraction of sp³-hybridized carbons (Fsp3) is 0.875. The third kappa shape index (κ3) is 3.76. The van der Waals surface area contributed by atoms with Crippen LogP contribution >= 0.6 is 0 Å². The lowest BCUT2D eigenvalue weighted by Crippen LogP contribution is -2.40. The molecule has 0 heterocycles. The van der Waals surface area contributed by atoms with Crippen LogP contribution in [0.5, 0.6) is 0 Å². The molecule has 0 aliphatic rings. The molecule has 0 saturated heterocycles. The molecule has 4 heteroatoms. The predicted molar refractivity (Wildman–Crippen MR) is 43.1 cm³/mol. The van der Waals surface area contributed by atoms with E-state index >= 15 is 0 Å². The lowest BCUT2D eigenvalue weighted by atomic mass is 10.1. The van der Waals surface area contributed by atoms with Crippen molar-refractivity contribution in [2.75, 3.05) is 13.6 Å². The van der Waals surface area contributed by atoms with Gasteiger partial charge in [0.25, 0.3) is 0 Å². The normalized spacial score (nSPS) is 12.7. The van der Waals surface area contributed by atoms with Crippen LogP contribution in [0.25, 0.3) is 0 Å². The number of hydrogen-bond acceptors (Lipinski definition) is 2. The molecule has 0 spiro atoms. The zero-order valence-electron chi connectivity index (χ0n) is 7.90. The van der Waals surface area contributed by atoms with Gasteiger partial charge in [-0.1, -0.05) is 13.8 Å². The molecular weight excluding hydrogens is 164 g/mol. The van der Waals surface area contributed by atoms with Crippen LogP contribution in [0.1, 0.15) is 20.8 Å². The van der Waals surface area contributed by atoms with Crippen molar-refractivity contribution in [3.63, 3.8) is 0 Å². The van der Waals surface area contributed by atoms with E-state index in [0.29, 0.717) is 0 Å². The van der Waals surface area contributed by atoms with Gasteiger partial charge < -0.3 is 0 Å². The Morgan fingerprint density at radius 3 is 2.17 bits per heavy atom. The summed E-state index contributed by atoms with van der Waals surface area (Å²) in [5.41, 5.74) is 0. The molecule has 0 radical (unpaired) electrons. The number of carbonyl (C=O) groups is 1. The van der Waals surface area contributed by atoms with Crippen LogP contribution in [-0.2, 0) is 4.79 Å². The number of carbonyl (C=O) groups excluding carboxylic acids is 1. The van der Waals surface area contributed by atoms with E-state index in [4.69, 9.17) is 0 Å². The molecule has 0 aromatic carbocycles. The third-order valence-corrected chi connectivity index (χ3v) is 1.71. The number of halogens is 2. The molecule has 0 N–H and O–H groups in total. The number of alkyl halides is 2. The van der Waals surface area contributed by atoms with Gasteiger partial charge in [-0.15, -0.1) is 0 Å². The molecule has 0 aliphatic carbocycles. The highest BCUT2D eigenvalue weighted by Crippen LogP contribution is 2.16. The van der Waals surface area contributed by atoms with Crippen molar-refractivity contribution in [3.8, 4) is 0 Å². The van der Waals surface area contributed by atoms with Crippen LogP contribution in [0.4, 0.5) is 8.78 Å². The van der Waals surface area contributed by atoms with E-state index < -0.39 is 6.05 Å². The van der Waals surface area contributed by atoms with E-state index in [0.717, 1.165) is 11.8 Å². The second-order valence-electron chi connectivity index (χ2n) is 3.32. The number of Topliss-reactive ketones (excluding diaryl/α,β-unsaturated/α-hetero) is 1. The van der Waals surface area contributed by atoms with Gasteiger partial charge in [0.2, 0.25) is 0 Å². The van der Waals surface area contributed by atoms with Crippen molar-refractivity contribution in [1.29, 1.82) is 0 Å². The highest BCUT2D eigenvalue weighted by atomic mass is 19.3. The van der Waals surface area contributed by atoms with Gasteiger partial charge in [0.1, 0.15) is 5.78 Å². The van der Waals surface area contributed by atoms with E-state index in [1.54, 1.807) is 13.8 Å². The Morgan fingerprint density at radius 2 is 1.92 bits per heavy atom. The summed E-state index contributed by atoms with van der Waals surface area (Å²) in [6.07, 6.45) is 0. The first-order valence-corrected chi connectivity index (χ1v) is 3.87. The maximum Gasteiger partial charge on any atom is 0.302 e. The van der Waals surface area contributed by atoms with Crippen molar-refractivity contribution in [3.05, 3.63) is 0 Å². The Hall–Kier alpha value is -0.510. The molecule has 0 saturated carbocycles. The summed E-state index contributed by atoms with van der Waals surface area (Å²) >= 11 is 0. The number of rotatable bonds is 4. The van der Waals surface area contributed by atoms with Crippen LogP contribution in [0.2, 0.25) is 0 Å². The topological polar surface area (TPSA) is 20.3 Å². The monoisotopic (exact) mass is 179 g/mol. The van der Waals surface area contributed by atoms with Gasteiger partial charge in [0, 0.05) is 12.8 Å². The largest absolute Gasteiger partial charge is 0.302 e. The van der Waals surface area contributed by atoms with E-state index in [1.165, 1.54) is 7.05 Å². The van der Waals surface area contributed by atoms with Crippen LogP contribution in [0, 0.1) is 5.92 Å². The van der Waals surface area contributed by atoms with Gasteiger partial charge >= 0.3 is 6.05 Å². The summed E-state index contributed by atoms with van der Waals surface area (Å²) in [6.45, 7) is 3.98. The molecule has 0 atom stereocenters. The summed E-state index contributed by atoms with van der Waals surface area (Å²) in [7, 11) is 1.24. The Bertz CT molecular complexity index is 163. The van der Waals surface area contributed by atoms with Crippen molar-refractivity contribution in [2.45, 2.75) is 26.8 Å². The molecule has 0 rings (SSSR count). The highest BCUT2D eigenvalue weighted by Gasteiger charge is 2.29. The Labute approximate surface area is 71.5 Å². The maximum atomic E-state index is 12.5. The second-order valence-corrected chi connectivity index (χ2v) is 3.32. The minimum atomic E-state index is -2.91.